The summed E-state index contributed by atoms with van der Waals surface area (Å²) in [5.41, 5.74) is 0.244. The van der Waals surface area contributed by atoms with Gasteiger partial charge in [0.25, 0.3) is 21.8 Å². The Bertz CT molecular complexity index is 971. The summed E-state index contributed by atoms with van der Waals surface area (Å²) in [7, 11) is -4.15. The van der Waals surface area contributed by atoms with E-state index in [1.165, 1.54) is 30.6 Å². The predicted molar refractivity (Wildman–Crippen MR) is 91.3 cm³/mol. The number of fused-ring (bicyclic) bond motifs is 1. The summed E-state index contributed by atoms with van der Waals surface area (Å²) >= 11 is 0. The lowest BCUT2D eigenvalue weighted by atomic mass is 10.2. The second kappa shape index (κ2) is 6.71. The van der Waals surface area contributed by atoms with Crippen molar-refractivity contribution in [2.24, 2.45) is 0 Å². The highest BCUT2D eigenvalue weighted by Crippen LogP contribution is 2.30. The van der Waals surface area contributed by atoms with Crippen molar-refractivity contribution < 1.29 is 22.7 Å². The molecule has 1 aromatic carbocycles. The molecule has 2 N–H and O–H groups in total. The molecule has 1 aliphatic rings. The SMILES string of the molecule is CC(C)c1ncc(C(=O)NS(=O)(=O)c2ccc3c(c2)NC(=O)CO3)cn1. The average Bonchev–Trinajstić information content (AvgIpc) is 2.60. The molecule has 0 atom stereocenters. The zero-order valence-corrected chi connectivity index (χ0v) is 14.8. The molecule has 136 valence electrons. The number of anilines is 1. The van der Waals surface area contributed by atoms with Crippen LogP contribution in [0.3, 0.4) is 0 Å². The second-order valence-electron chi connectivity index (χ2n) is 5.91. The molecule has 0 saturated heterocycles. The smallest absolute Gasteiger partial charge is 0.268 e. The van der Waals surface area contributed by atoms with Crippen molar-refractivity contribution in [1.29, 1.82) is 0 Å². The molecule has 3 rings (SSSR count). The first kappa shape index (κ1) is 17.8. The van der Waals surface area contributed by atoms with Crippen LogP contribution >= 0.6 is 0 Å². The van der Waals surface area contributed by atoms with Gasteiger partial charge in [-0.3, -0.25) is 9.59 Å². The van der Waals surface area contributed by atoms with Crippen LogP contribution in [0.1, 0.15) is 35.9 Å². The van der Waals surface area contributed by atoms with Crippen LogP contribution in [-0.4, -0.2) is 36.8 Å². The van der Waals surface area contributed by atoms with Crippen molar-refractivity contribution in [2.75, 3.05) is 11.9 Å². The summed E-state index contributed by atoms with van der Waals surface area (Å²) in [6.07, 6.45) is 2.54. The molecule has 0 aliphatic carbocycles. The largest absolute Gasteiger partial charge is 0.482 e. The molecule has 10 heteroatoms. The van der Waals surface area contributed by atoms with Crippen LogP contribution in [-0.2, 0) is 14.8 Å². The molecule has 0 radical (unpaired) electrons. The van der Waals surface area contributed by atoms with E-state index < -0.39 is 21.8 Å². The van der Waals surface area contributed by atoms with Gasteiger partial charge in [-0.15, -0.1) is 0 Å². The van der Waals surface area contributed by atoms with Crippen LogP contribution in [0.4, 0.5) is 5.69 Å². The number of ether oxygens (including phenoxy) is 1. The van der Waals surface area contributed by atoms with E-state index in [4.69, 9.17) is 4.74 Å². The van der Waals surface area contributed by atoms with Gasteiger partial charge < -0.3 is 10.1 Å². The molecule has 1 aliphatic heterocycles. The first-order valence-electron chi connectivity index (χ1n) is 7.72. The van der Waals surface area contributed by atoms with Crippen LogP contribution in [0.15, 0.2) is 35.5 Å². The molecule has 9 nitrogen and oxygen atoms in total. The summed E-state index contributed by atoms with van der Waals surface area (Å²) in [4.78, 5) is 31.4. The maximum atomic E-state index is 12.4. The molecule has 2 amide bonds. The van der Waals surface area contributed by atoms with Gasteiger partial charge in [0, 0.05) is 18.3 Å². The molecular weight excluding hydrogens is 360 g/mol. The van der Waals surface area contributed by atoms with Gasteiger partial charge in [-0.05, 0) is 18.2 Å². The normalized spacial score (nSPS) is 13.6. The minimum atomic E-state index is -4.15. The number of hydrogen-bond acceptors (Lipinski definition) is 7. The third-order valence-electron chi connectivity index (χ3n) is 3.57. The van der Waals surface area contributed by atoms with E-state index in [-0.39, 0.29) is 28.7 Å². The first-order chi connectivity index (χ1) is 12.3. The Kier molecular flexibility index (Phi) is 4.60. The average molecular weight is 376 g/mol. The number of aromatic nitrogens is 2. The number of carbonyl (C=O) groups is 2. The summed E-state index contributed by atoms with van der Waals surface area (Å²) in [6, 6.07) is 3.92. The Hall–Kier alpha value is -3.01. The molecule has 0 saturated carbocycles. The number of nitrogens with zero attached hydrogens (tertiary/aromatic N) is 2. The predicted octanol–water partition coefficient (Wildman–Crippen LogP) is 1.05. The Balaban J connectivity index is 1.81. The number of benzene rings is 1. The maximum absolute atomic E-state index is 12.4. The lowest BCUT2D eigenvalue weighted by molar-refractivity contribution is -0.118. The lowest BCUT2D eigenvalue weighted by Gasteiger charge is -2.18. The Morgan fingerprint density at radius 1 is 1.27 bits per heavy atom. The first-order valence-corrected chi connectivity index (χ1v) is 9.20. The van der Waals surface area contributed by atoms with Crippen LogP contribution < -0.4 is 14.8 Å². The highest BCUT2D eigenvalue weighted by molar-refractivity contribution is 7.90. The van der Waals surface area contributed by atoms with Crippen molar-refractivity contribution in [3.8, 4) is 5.75 Å². The molecule has 2 heterocycles. The fourth-order valence-electron chi connectivity index (χ4n) is 2.22. The molecule has 0 unspecified atom stereocenters. The zero-order valence-electron chi connectivity index (χ0n) is 14.0. The van der Waals surface area contributed by atoms with Crippen LogP contribution in [0.5, 0.6) is 5.75 Å². The number of hydrogen-bond donors (Lipinski definition) is 2. The third-order valence-corrected chi connectivity index (χ3v) is 4.90. The van der Waals surface area contributed by atoms with E-state index in [1.807, 2.05) is 18.6 Å². The van der Waals surface area contributed by atoms with E-state index in [0.717, 1.165) is 0 Å². The minimum Gasteiger partial charge on any atom is -0.482 e. The Morgan fingerprint density at radius 3 is 2.62 bits per heavy atom. The van der Waals surface area contributed by atoms with E-state index in [0.29, 0.717) is 11.6 Å². The summed E-state index contributed by atoms with van der Waals surface area (Å²) < 4.78 is 32.0. The number of rotatable bonds is 4. The fourth-order valence-corrected chi connectivity index (χ4v) is 3.22. The van der Waals surface area contributed by atoms with Crippen molar-refractivity contribution in [3.05, 3.63) is 42.0 Å². The van der Waals surface area contributed by atoms with Crippen molar-refractivity contribution in [3.63, 3.8) is 0 Å². The van der Waals surface area contributed by atoms with Gasteiger partial charge in [0.1, 0.15) is 11.6 Å². The topological polar surface area (TPSA) is 127 Å². The Morgan fingerprint density at radius 2 is 1.96 bits per heavy atom. The van der Waals surface area contributed by atoms with E-state index >= 15 is 0 Å². The van der Waals surface area contributed by atoms with Gasteiger partial charge >= 0.3 is 0 Å². The van der Waals surface area contributed by atoms with Gasteiger partial charge in [-0.2, -0.15) is 0 Å². The lowest BCUT2D eigenvalue weighted by Crippen LogP contribution is -2.31. The summed E-state index contributed by atoms with van der Waals surface area (Å²) in [6.45, 7) is 3.67. The van der Waals surface area contributed by atoms with E-state index in [9.17, 15) is 18.0 Å². The minimum absolute atomic E-state index is 0.0209. The molecular formula is C16H16N4O5S. The third kappa shape index (κ3) is 3.64. The van der Waals surface area contributed by atoms with E-state index in [1.54, 1.807) is 0 Å². The number of sulfonamides is 1. The van der Waals surface area contributed by atoms with Gasteiger partial charge in [-0.1, -0.05) is 13.8 Å². The summed E-state index contributed by atoms with van der Waals surface area (Å²) in [5.74, 6) is -0.247. The van der Waals surface area contributed by atoms with Gasteiger partial charge in [0.05, 0.1) is 16.1 Å². The van der Waals surface area contributed by atoms with Crippen molar-refractivity contribution >= 4 is 27.5 Å². The van der Waals surface area contributed by atoms with E-state index in [2.05, 4.69) is 15.3 Å². The van der Waals surface area contributed by atoms with Gasteiger partial charge in [0.2, 0.25) is 0 Å². The van der Waals surface area contributed by atoms with Gasteiger partial charge in [-0.25, -0.2) is 23.1 Å². The monoisotopic (exact) mass is 376 g/mol. The number of amides is 2. The molecule has 0 fully saturated rings. The molecule has 2 aromatic rings. The number of carbonyl (C=O) groups excluding carboxylic acids is 2. The molecule has 26 heavy (non-hydrogen) atoms. The molecule has 0 spiro atoms. The summed E-state index contributed by atoms with van der Waals surface area (Å²) in [5, 5.41) is 2.51. The fraction of sp³-hybridized carbons (Fsp3) is 0.250. The second-order valence-corrected chi connectivity index (χ2v) is 7.60. The van der Waals surface area contributed by atoms with Crippen molar-refractivity contribution in [2.45, 2.75) is 24.7 Å². The van der Waals surface area contributed by atoms with Crippen LogP contribution in [0.25, 0.3) is 0 Å². The molecule has 0 bridgehead atoms. The molecule has 1 aromatic heterocycles. The zero-order chi connectivity index (χ0) is 18.9. The quantitative estimate of drug-likeness (QED) is 0.816. The Labute approximate surface area is 149 Å². The standard InChI is InChI=1S/C16H16N4O5S/c1-9(2)15-17-6-10(7-18-15)16(22)20-26(23,24)11-3-4-13-12(5-11)19-14(21)8-25-13/h3-7,9H,8H2,1-2H3,(H,19,21)(H,20,22). The van der Waals surface area contributed by atoms with Crippen LogP contribution in [0.2, 0.25) is 0 Å². The highest BCUT2D eigenvalue weighted by atomic mass is 32.2. The van der Waals surface area contributed by atoms with Crippen molar-refractivity contribution in [1.82, 2.24) is 14.7 Å². The maximum Gasteiger partial charge on any atom is 0.268 e. The van der Waals surface area contributed by atoms with Gasteiger partial charge in [0.15, 0.2) is 6.61 Å². The number of nitrogens with one attached hydrogen (secondary N) is 2. The van der Waals surface area contributed by atoms with Crippen LogP contribution in [0, 0.1) is 0 Å². The highest BCUT2D eigenvalue weighted by Gasteiger charge is 2.23.